The number of amides is 1. The number of nitrogens with zero attached hydrogens (tertiary/aromatic N) is 1. The number of hydrogen-bond donors (Lipinski definition) is 3. The summed E-state index contributed by atoms with van der Waals surface area (Å²) in [7, 11) is 0. The van der Waals surface area contributed by atoms with Gasteiger partial charge >= 0.3 is 0 Å². The van der Waals surface area contributed by atoms with Crippen molar-refractivity contribution >= 4 is 39.3 Å². The van der Waals surface area contributed by atoms with Crippen molar-refractivity contribution in [2.24, 2.45) is 0 Å². The first kappa shape index (κ1) is 16.5. The van der Waals surface area contributed by atoms with Crippen molar-refractivity contribution in [1.29, 1.82) is 5.26 Å². The lowest BCUT2D eigenvalue weighted by Gasteiger charge is -2.04. The maximum atomic E-state index is 12.9. The Morgan fingerprint density at radius 2 is 1.76 bits per heavy atom. The van der Waals surface area contributed by atoms with Crippen LogP contribution in [-0.4, -0.2) is 5.91 Å². The Morgan fingerprint density at radius 1 is 1.08 bits per heavy atom. The number of nitrogens with two attached hydrogens (primary N) is 1. The van der Waals surface area contributed by atoms with Gasteiger partial charge in [0.2, 0.25) is 0 Å². The van der Waals surface area contributed by atoms with E-state index < -0.39 is 11.7 Å². The molecule has 1 amide bonds. The van der Waals surface area contributed by atoms with Gasteiger partial charge < -0.3 is 16.4 Å². The summed E-state index contributed by atoms with van der Waals surface area (Å²) in [6.45, 7) is 0. The van der Waals surface area contributed by atoms with Gasteiger partial charge in [0, 0.05) is 11.4 Å². The Kier molecular flexibility index (Phi) is 4.64. The van der Waals surface area contributed by atoms with Gasteiger partial charge in [0.25, 0.3) is 5.91 Å². The molecule has 3 rings (SSSR count). The minimum absolute atomic E-state index is 0.116. The fourth-order valence-electron chi connectivity index (χ4n) is 2.19. The third-order valence-corrected chi connectivity index (χ3v) is 4.52. The van der Waals surface area contributed by atoms with Crippen molar-refractivity contribution in [3.05, 3.63) is 70.9 Å². The van der Waals surface area contributed by atoms with E-state index in [9.17, 15) is 14.4 Å². The summed E-state index contributed by atoms with van der Waals surface area (Å²) in [6.07, 6.45) is 0. The highest BCUT2D eigenvalue weighted by Crippen LogP contribution is 2.37. The lowest BCUT2D eigenvalue weighted by molar-refractivity contribution is 0.103. The average Bonchev–Trinajstić information content (AvgIpc) is 2.93. The van der Waals surface area contributed by atoms with Gasteiger partial charge in [-0.2, -0.15) is 5.26 Å². The second kappa shape index (κ2) is 7.03. The van der Waals surface area contributed by atoms with E-state index in [1.165, 1.54) is 24.3 Å². The molecule has 0 aliphatic carbocycles. The van der Waals surface area contributed by atoms with E-state index >= 15 is 0 Å². The van der Waals surface area contributed by atoms with Crippen LogP contribution in [0.2, 0.25) is 0 Å². The van der Waals surface area contributed by atoms with Crippen LogP contribution in [0, 0.1) is 17.1 Å². The second-order valence-electron chi connectivity index (χ2n) is 5.11. The lowest BCUT2D eigenvalue weighted by atomic mass is 10.2. The van der Waals surface area contributed by atoms with Crippen LogP contribution in [-0.2, 0) is 0 Å². The van der Waals surface area contributed by atoms with Crippen molar-refractivity contribution in [3.63, 3.8) is 0 Å². The highest BCUT2D eigenvalue weighted by molar-refractivity contribution is 7.19. The van der Waals surface area contributed by atoms with E-state index in [-0.39, 0.29) is 16.1 Å². The zero-order chi connectivity index (χ0) is 17.8. The molecule has 0 spiro atoms. The maximum Gasteiger partial charge on any atom is 0.267 e. The molecule has 1 heterocycles. The van der Waals surface area contributed by atoms with Crippen molar-refractivity contribution in [1.82, 2.24) is 0 Å². The molecule has 0 bridgehead atoms. The summed E-state index contributed by atoms with van der Waals surface area (Å²) in [6, 6.07) is 16.7. The molecule has 7 heteroatoms. The summed E-state index contributed by atoms with van der Waals surface area (Å²) in [4.78, 5) is 12.7. The number of carbonyl (C=O) groups excluding carboxylic acids is 1. The Morgan fingerprint density at radius 3 is 2.40 bits per heavy atom. The van der Waals surface area contributed by atoms with Gasteiger partial charge in [-0.25, -0.2) is 4.39 Å². The number of benzene rings is 2. The minimum atomic E-state index is -0.452. The quantitative estimate of drug-likeness (QED) is 0.651. The first-order valence-corrected chi connectivity index (χ1v) is 8.11. The van der Waals surface area contributed by atoms with Crippen molar-refractivity contribution in [2.45, 2.75) is 0 Å². The fraction of sp³-hybridized carbons (Fsp3) is 0. The molecular weight excluding hydrogens is 339 g/mol. The summed E-state index contributed by atoms with van der Waals surface area (Å²) >= 11 is 1.09. The van der Waals surface area contributed by atoms with Crippen molar-refractivity contribution in [2.75, 3.05) is 16.4 Å². The minimum Gasteiger partial charge on any atom is -0.396 e. The Hall–Kier alpha value is -3.37. The Labute approximate surface area is 147 Å². The van der Waals surface area contributed by atoms with E-state index in [1.54, 1.807) is 0 Å². The molecule has 5 nitrogen and oxygen atoms in total. The molecule has 0 unspecified atom stereocenters. The lowest BCUT2D eigenvalue weighted by Crippen LogP contribution is -2.12. The predicted molar refractivity (Wildman–Crippen MR) is 97.5 cm³/mol. The van der Waals surface area contributed by atoms with E-state index in [0.29, 0.717) is 10.7 Å². The molecule has 0 saturated heterocycles. The van der Waals surface area contributed by atoms with E-state index in [1.807, 2.05) is 36.4 Å². The molecule has 124 valence electrons. The average molecular weight is 352 g/mol. The van der Waals surface area contributed by atoms with E-state index in [4.69, 9.17) is 5.73 Å². The second-order valence-corrected chi connectivity index (χ2v) is 6.13. The normalized spacial score (nSPS) is 10.1. The van der Waals surface area contributed by atoms with Gasteiger partial charge in [0.1, 0.15) is 27.3 Å². The fourth-order valence-corrected chi connectivity index (χ4v) is 3.17. The number of carbonyl (C=O) groups is 1. The van der Waals surface area contributed by atoms with Gasteiger partial charge in [-0.15, -0.1) is 11.3 Å². The molecule has 4 N–H and O–H groups in total. The third kappa shape index (κ3) is 3.59. The molecule has 0 radical (unpaired) electrons. The molecule has 25 heavy (non-hydrogen) atoms. The summed E-state index contributed by atoms with van der Waals surface area (Å²) in [5.41, 5.74) is 7.53. The van der Waals surface area contributed by atoms with Gasteiger partial charge in [-0.3, -0.25) is 4.79 Å². The molecule has 2 aromatic carbocycles. The molecule has 3 aromatic rings. The van der Waals surface area contributed by atoms with Crippen LogP contribution in [0.4, 0.5) is 26.5 Å². The SMILES string of the molecule is N#Cc1c(Nc2ccccc2)sc(C(=O)Nc2ccc(F)cc2)c1N. The smallest absolute Gasteiger partial charge is 0.267 e. The maximum absolute atomic E-state index is 12.9. The van der Waals surface area contributed by atoms with Gasteiger partial charge in [0.15, 0.2) is 0 Å². The summed E-state index contributed by atoms with van der Waals surface area (Å²) in [5, 5.41) is 15.6. The van der Waals surface area contributed by atoms with E-state index in [0.717, 1.165) is 17.0 Å². The molecule has 1 aromatic heterocycles. The van der Waals surface area contributed by atoms with Crippen LogP contribution in [0.3, 0.4) is 0 Å². The number of rotatable bonds is 4. The predicted octanol–water partition coefficient (Wildman–Crippen LogP) is 4.34. The van der Waals surface area contributed by atoms with E-state index in [2.05, 4.69) is 10.6 Å². The first-order chi connectivity index (χ1) is 12.1. The Bertz CT molecular complexity index is 946. The van der Waals surface area contributed by atoms with Gasteiger partial charge in [0.05, 0.1) is 5.69 Å². The first-order valence-electron chi connectivity index (χ1n) is 7.30. The standard InChI is InChI=1S/C18H13FN4OS/c19-11-6-8-13(9-7-11)22-17(24)16-15(21)14(10-20)18(25-16)23-12-4-2-1-3-5-12/h1-9,23H,21H2,(H,22,24). The molecule has 0 saturated carbocycles. The number of anilines is 4. The Balaban J connectivity index is 1.87. The van der Waals surface area contributed by atoms with Crippen LogP contribution in [0.25, 0.3) is 0 Å². The van der Waals surface area contributed by atoms with Crippen LogP contribution >= 0.6 is 11.3 Å². The van der Waals surface area contributed by atoms with Crippen LogP contribution in [0.5, 0.6) is 0 Å². The molecule has 0 fully saturated rings. The van der Waals surface area contributed by atoms with Gasteiger partial charge in [-0.1, -0.05) is 18.2 Å². The third-order valence-electron chi connectivity index (χ3n) is 3.40. The highest BCUT2D eigenvalue weighted by Gasteiger charge is 2.21. The zero-order valence-electron chi connectivity index (χ0n) is 12.9. The summed E-state index contributed by atoms with van der Waals surface area (Å²) < 4.78 is 12.9. The molecule has 0 atom stereocenters. The van der Waals surface area contributed by atoms with Crippen LogP contribution in [0.15, 0.2) is 54.6 Å². The summed E-state index contributed by atoms with van der Waals surface area (Å²) in [5.74, 6) is -0.846. The zero-order valence-corrected chi connectivity index (χ0v) is 13.7. The van der Waals surface area contributed by atoms with Crippen LogP contribution < -0.4 is 16.4 Å². The number of nitrogens with one attached hydrogen (secondary N) is 2. The molecular formula is C18H13FN4OS. The van der Waals surface area contributed by atoms with Crippen molar-refractivity contribution in [3.8, 4) is 6.07 Å². The number of halogens is 1. The molecule has 0 aliphatic heterocycles. The van der Waals surface area contributed by atoms with Crippen molar-refractivity contribution < 1.29 is 9.18 Å². The monoisotopic (exact) mass is 352 g/mol. The number of nitriles is 1. The topological polar surface area (TPSA) is 90.9 Å². The number of nitrogen functional groups attached to an aromatic ring is 1. The van der Waals surface area contributed by atoms with Gasteiger partial charge in [-0.05, 0) is 36.4 Å². The number of thiophene rings is 1. The number of para-hydroxylation sites is 1. The van der Waals surface area contributed by atoms with Crippen LogP contribution in [0.1, 0.15) is 15.2 Å². The largest absolute Gasteiger partial charge is 0.396 e. The highest BCUT2D eigenvalue weighted by atomic mass is 32.1. The number of hydrogen-bond acceptors (Lipinski definition) is 5. The molecule has 0 aliphatic rings.